The normalized spacial score (nSPS) is 12.7. The molecule has 1 atom stereocenters. The lowest BCUT2D eigenvalue weighted by molar-refractivity contribution is 0.566. The number of unbranched alkanes of at least 4 members (excludes halogenated alkanes) is 3. The molecule has 77 valence electrons. The van der Waals surface area contributed by atoms with Crippen LogP contribution < -0.4 is 5.73 Å². The molecule has 0 bridgehead atoms. The molecule has 0 aromatic heterocycles. The highest BCUT2D eigenvalue weighted by Gasteiger charge is 2.04. The standard InChI is InChI=1S/C13H20N/c1-2-3-4-8-11-13(14)12-9-6-5-7-10-12/h5-7,9,13H,2-4,8,11,14H2,1H3. The van der Waals surface area contributed by atoms with Crippen LogP contribution in [0, 0.1) is 6.07 Å². The summed E-state index contributed by atoms with van der Waals surface area (Å²) in [6, 6.07) is 11.4. The minimum Gasteiger partial charge on any atom is -0.324 e. The molecule has 0 fully saturated rings. The third kappa shape index (κ3) is 3.93. The lowest BCUT2D eigenvalue weighted by atomic mass is 10.0. The van der Waals surface area contributed by atoms with Crippen molar-refractivity contribution in [2.24, 2.45) is 5.73 Å². The van der Waals surface area contributed by atoms with Gasteiger partial charge >= 0.3 is 0 Å². The van der Waals surface area contributed by atoms with Crippen LogP contribution in [-0.4, -0.2) is 0 Å². The van der Waals surface area contributed by atoms with Crippen molar-refractivity contribution in [3.05, 3.63) is 35.9 Å². The quantitative estimate of drug-likeness (QED) is 0.683. The number of nitrogens with two attached hydrogens (primary N) is 1. The van der Waals surface area contributed by atoms with Crippen LogP contribution in [0.2, 0.25) is 0 Å². The Kier molecular flexibility index (Phi) is 5.31. The van der Waals surface area contributed by atoms with Crippen molar-refractivity contribution in [1.82, 2.24) is 0 Å². The summed E-state index contributed by atoms with van der Waals surface area (Å²) in [5, 5.41) is 0. The van der Waals surface area contributed by atoms with Crippen molar-refractivity contribution in [3.8, 4) is 0 Å². The first-order valence-electron chi connectivity index (χ1n) is 5.56. The van der Waals surface area contributed by atoms with Crippen LogP contribution >= 0.6 is 0 Å². The summed E-state index contributed by atoms with van der Waals surface area (Å²) in [4.78, 5) is 0. The fourth-order valence-electron chi connectivity index (χ4n) is 1.58. The van der Waals surface area contributed by atoms with E-state index < -0.39 is 0 Å². The minimum absolute atomic E-state index is 0.174. The Morgan fingerprint density at radius 2 is 2.14 bits per heavy atom. The Morgan fingerprint density at radius 1 is 1.29 bits per heavy atom. The summed E-state index contributed by atoms with van der Waals surface area (Å²) in [5.41, 5.74) is 7.19. The lowest BCUT2D eigenvalue weighted by Crippen LogP contribution is -2.09. The molecule has 0 aliphatic heterocycles. The average Bonchev–Trinajstić information content (AvgIpc) is 2.25. The van der Waals surface area contributed by atoms with E-state index in [4.69, 9.17) is 5.73 Å². The minimum atomic E-state index is 0.174. The fourth-order valence-corrected chi connectivity index (χ4v) is 1.58. The molecule has 1 rings (SSSR count). The summed E-state index contributed by atoms with van der Waals surface area (Å²) in [7, 11) is 0. The maximum atomic E-state index is 6.05. The second kappa shape index (κ2) is 6.61. The molecule has 0 aliphatic rings. The zero-order chi connectivity index (χ0) is 10.2. The smallest absolute Gasteiger partial charge is 0.0301 e. The van der Waals surface area contributed by atoms with Gasteiger partial charge in [-0.1, -0.05) is 56.9 Å². The second-order valence-electron chi connectivity index (χ2n) is 3.77. The van der Waals surface area contributed by atoms with Gasteiger partial charge in [-0.3, -0.25) is 0 Å². The summed E-state index contributed by atoms with van der Waals surface area (Å²) < 4.78 is 0. The maximum Gasteiger partial charge on any atom is 0.0301 e. The highest BCUT2D eigenvalue weighted by Crippen LogP contribution is 2.16. The number of rotatable bonds is 6. The predicted octanol–water partition coefficient (Wildman–Crippen LogP) is 3.46. The third-order valence-corrected chi connectivity index (χ3v) is 2.50. The van der Waals surface area contributed by atoms with E-state index in [-0.39, 0.29) is 6.04 Å². The first-order chi connectivity index (χ1) is 6.84. The monoisotopic (exact) mass is 190 g/mol. The van der Waals surface area contributed by atoms with Crippen LogP contribution in [0.5, 0.6) is 0 Å². The van der Waals surface area contributed by atoms with Crippen LogP contribution in [0.1, 0.15) is 50.6 Å². The van der Waals surface area contributed by atoms with E-state index in [0.717, 1.165) is 12.0 Å². The van der Waals surface area contributed by atoms with Crippen molar-refractivity contribution in [3.63, 3.8) is 0 Å². The van der Waals surface area contributed by atoms with Crippen LogP contribution in [-0.2, 0) is 0 Å². The van der Waals surface area contributed by atoms with Crippen molar-refractivity contribution in [2.45, 2.75) is 45.1 Å². The molecule has 1 aromatic rings. The van der Waals surface area contributed by atoms with Gasteiger partial charge in [0.05, 0.1) is 0 Å². The molecule has 1 radical (unpaired) electrons. The maximum absolute atomic E-state index is 6.05. The van der Waals surface area contributed by atoms with Gasteiger partial charge in [0, 0.05) is 6.04 Å². The van der Waals surface area contributed by atoms with Gasteiger partial charge in [-0.15, -0.1) is 0 Å². The zero-order valence-corrected chi connectivity index (χ0v) is 9.00. The highest BCUT2D eigenvalue weighted by atomic mass is 14.6. The molecule has 0 spiro atoms. The van der Waals surface area contributed by atoms with E-state index >= 15 is 0 Å². The largest absolute Gasteiger partial charge is 0.324 e. The van der Waals surface area contributed by atoms with Crippen LogP contribution in [0.25, 0.3) is 0 Å². The molecule has 1 nitrogen and oxygen atoms in total. The van der Waals surface area contributed by atoms with Crippen molar-refractivity contribution in [2.75, 3.05) is 0 Å². The Labute approximate surface area is 87.3 Å². The topological polar surface area (TPSA) is 26.0 Å². The van der Waals surface area contributed by atoms with E-state index in [0.29, 0.717) is 0 Å². The van der Waals surface area contributed by atoms with Crippen molar-refractivity contribution >= 4 is 0 Å². The SMILES string of the molecule is CCCCCCC(N)c1[c]cccc1. The molecule has 0 saturated heterocycles. The van der Waals surface area contributed by atoms with E-state index in [1.54, 1.807) is 0 Å². The highest BCUT2D eigenvalue weighted by molar-refractivity contribution is 5.16. The van der Waals surface area contributed by atoms with Gasteiger partial charge in [0.25, 0.3) is 0 Å². The Bertz CT molecular complexity index is 230. The van der Waals surface area contributed by atoms with Crippen molar-refractivity contribution < 1.29 is 0 Å². The Morgan fingerprint density at radius 3 is 2.79 bits per heavy atom. The van der Waals surface area contributed by atoms with E-state index in [2.05, 4.69) is 19.1 Å². The molecule has 1 unspecified atom stereocenters. The number of benzene rings is 1. The van der Waals surface area contributed by atoms with Gasteiger partial charge in [-0.2, -0.15) is 0 Å². The van der Waals surface area contributed by atoms with Crippen LogP contribution in [0.3, 0.4) is 0 Å². The molecule has 0 amide bonds. The number of hydrogen-bond donors (Lipinski definition) is 1. The van der Waals surface area contributed by atoms with E-state index in [1.807, 2.05) is 18.2 Å². The molecular formula is C13H20N. The molecule has 1 aromatic carbocycles. The van der Waals surface area contributed by atoms with Gasteiger partial charge in [0.1, 0.15) is 0 Å². The average molecular weight is 190 g/mol. The molecular weight excluding hydrogens is 170 g/mol. The van der Waals surface area contributed by atoms with Gasteiger partial charge in [0.2, 0.25) is 0 Å². The van der Waals surface area contributed by atoms with E-state index in [9.17, 15) is 0 Å². The molecule has 1 heteroatoms. The van der Waals surface area contributed by atoms with E-state index in [1.165, 1.54) is 25.7 Å². The Balaban J connectivity index is 2.25. The molecule has 14 heavy (non-hydrogen) atoms. The fraction of sp³-hybridized carbons (Fsp3) is 0.538. The summed E-state index contributed by atoms with van der Waals surface area (Å²) in [6.45, 7) is 2.23. The first-order valence-corrected chi connectivity index (χ1v) is 5.56. The summed E-state index contributed by atoms with van der Waals surface area (Å²) in [5.74, 6) is 0. The van der Waals surface area contributed by atoms with Crippen LogP contribution in [0.4, 0.5) is 0 Å². The first kappa shape index (κ1) is 11.3. The second-order valence-corrected chi connectivity index (χ2v) is 3.77. The lowest BCUT2D eigenvalue weighted by Gasteiger charge is -2.10. The van der Waals surface area contributed by atoms with Crippen molar-refractivity contribution in [1.29, 1.82) is 0 Å². The predicted molar refractivity (Wildman–Crippen MR) is 61.0 cm³/mol. The van der Waals surface area contributed by atoms with Gasteiger partial charge in [0.15, 0.2) is 0 Å². The number of hydrogen-bond acceptors (Lipinski definition) is 1. The van der Waals surface area contributed by atoms with Crippen LogP contribution in [0.15, 0.2) is 24.3 Å². The zero-order valence-electron chi connectivity index (χ0n) is 9.00. The van der Waals surface area contributed by atoms with Gasteiger partial charge < -0.3 is 5.73 Å². The molecule has 2 N–H and O–H groups in total. The molecule has 0 saturated carbocycles. The Hall–Kier alpha value is -0.820. The van der Waals surface area contributed by atoms with Gasteiger partial charge in [-0.25, -0.2) is 0 Å². The van der Waals surface area contributed by atoms with Gasteiger partial charge in [-0.05, 0) is 18.1 Å². The molecule has 0 heterocycles. The summed E-state index contributed by atoms with van der Waals surface area (Å²) >= 11 is 0. The summed E-state index contributed by atoms with van der Waals surface area (Å²) in [6.07, 6.45) is 6.23. The molecule has 0 aliphatic carbocycles. The third-order valence-electron chi connectivity index (χ3n) is 2.50.